The number of alkyl carbamates (subject to hydrolysis) is 1. The van der Waals surface area contributed by atoms with E-state index in [1.807, 2.05) is 0 Å². The first kappa shape index (κ1) is 45.3. The number of nitrogens with zero attached hydrogens (tertiary/aromatic N) is 4. The summed E-state index contributed by atoms with van der Waals surface area (Å²) in [6, 6.07) is 5.65. The quantitative estimate of drug-likeness (QED) is 0.196. The molecule has 20 nitrogen and oxygen atoms in total. The number of carbonyl (C=O) groups is 5. The predicted octanol–water partition coefficient (Wildman–Crippen LogP) is 2.57. The second-order valence-electron chi connectivity index (χ2n) is 17.3. The third kappa shape index (κ3) is 9.78. The van der Waals surface area contributed by atoms with Crippen LogP contribution in [-0.2, 0) is 57.0 Å². The number of nitro benzene ring substituents is 1. The molecule has 5 amide bonds. The number of nitro groups is 1. The Morgan fingerprint density at radius 1 is 1.02 bits per heavy atom. The van der Waals surface area contributed by atoms with Crippen LogP contribution in [0.4, 0.5) is 19.7 Å². The Bertz CT molecular complexity index is 2480. The molecular weight excluding hydrogens is 870 g/mol. The van der Waals surface area contributed by atoms with Gasteiger partial charge in [0.15, 0.2) is 4.90 Å². The van der Waals surface area contributed by atoms with Gasteiger partial charge in [0.1, 0.15) is 35.1 Å². The fourth-order valence-corrected chi connectivity index (χ4v) is 11.0. The largest absolute Gasteiger partial charge is 0.444 e. The number of hydrogen-bond acceptors (Lipinski definition) is 13. The smallest absolute Gasteiger partial charge is 0.410 e. The van der Waals surface area contributed by atoms with Gasteiger partial charge in [0.25, 0.3) is 11.6 Å². The molecule has 2 aromatic rings. The molecule has 7 rings (SSSR count). The Morgan fingerprint density at radius 3 is 2.43 bits per heavy atom. The fourth-order valence-electron chi connectivity index (χ4n) is 8.03. The Morgan fingerprint density at radius 2 is 1.75 bits per heavy atom. The van der Waals surface area contributed by atoms with Gasteiger partial charge in [-0.3, -0.25) is 34.1 Å². The van der Waals surface area contributed by atoms with E-state index < -0.39 is 125 Å². The normalized spacial score (nSPS) is 26.2. The highest BCUT2D eigenvalue weighted by Gasteiger charge is 2.62. The van der Waals surface area contributed by atoms with Gasteiger partial charge in [0, 0.05) is 43.6 Å². The predicted molar refractivity (Wildman–Crippen MR) is 218 cm³/mol. The number of allylic oxidation sites excluding steroid dienone is 1. The third-order valence-electron chi connectivity index (χ3n) is 11.5. The van der Waals surface area contributed by atoms with Crippen LogP contribution in [0.2, 0.25) is 0 Å². The van der Waals surface area contributed by atoms with Crippen LogP contribution in [0.15, 0.2) is 59.5 Å². The van der Waals surface area contributed by atoms with E-state index in [2.05, 4.69) is 15.4 Å². The summed E-state index contributed by atoms with van der Waals surface area (Å²) in [4.78, 5) is 82.9. The molecule has 2 unspecified atom stereocenters. The van der Waals surface area contributed by atoms with Crippen LogP contribution < -0.4 is 15.4 Å². The molecule has 0 radical (unpaired) electrons. The molecule has 0 aromatic heterocycles. The van der Waals surface area contributed by atoms with Gasteiger partial charge < -0.3 is 25.0 Å². The van der Waals surface area contributed by atoms with Crippen molar-refractivity contribution in [2.24, 2.45) is 5.92 Å². The van der Waals surface area contributed by atoms with Gasteiger partial charge in [-0.05, 0) is 70.6 Å². The second kappa shape index (κ2) is 17.1. The summed E-state index contributed by atoms with van der Waals surface area (Å²) in [5.41, 5.74) is -2.78. The molecule has 5 atom stereocenters. The standard InChI is InChI=1S/C40H48FN7O13S2/c1-39(2,3)61-37(52)42-30-23-46(63(58,59)33-14-7-6-13-31(33)48(54)55)17-8-4-5-11-25-19-40(25,36(51)44-62(56,57)27-15-16-27)43-34(49)32-18-26(21-47(32)35(30)50)60-38(53)45-20-24-10-9-12-29(41)28(24)22-45/h5-7,9-14,25-27,30,32H,4,8,15-23H2,1-3H3,(H,42,52)(H,43,49)(H,44,51)/b11-5-/t25-,26?,30-,32?,40+/m0/s1. The van der Waals surface area contributed by atoms with Gasteiger partial charge in [0.05, 0.1) is 23.3 Å². The lowest BCUT2D eigenvalue weighted by molar-refractivity contribution is -0.387. The number of fused-ring (bicyclic) bond motifs is 3. The van der Waals surface area contributed by atoms with Crippen molar-refractivity contribution in [1.29, 1.82) is 0 Å². The number of carbonyl (C=O) groups excluding carboxylic acids is 5. The molecule has 2 saturated carbocycles. The monoisotopic (exact) mass is 917 g/mol. The van der Waals surface area contributed by atoms with Gasteiger partial charge in [0.2, 0.25) is 31.9 Å². The number of halogens is 1. The van der Waals surface area contributed by atoms with Crippen molar-refractivity contribution in [2.45, 2.75) is 112 Å². The molecule has 3 fully saturated rings. The van der Waals surface area contributed by atoms with Crippen molar-refractivity contribution < 1.29 is 59.6 Å². The molecule has 0 spiro atoms. The first-order chi connectivity index (χ1) is 29.6. The molecule has 0 bridgehead atoms. The van der Waals surface area contributed by atoms with Gasteiger partial charge in [-0.15, -0.1) is 0 Å². The second-order valence-corrected chi connectivity index (χ2v) is 21.2. The number of benzene rings is 2. The summed E-state index contributed by atoms with van der Waals surface area (Å²) in [5, 5.41) is 16.3. The van der Waals surface area contributed by atoms with Gasteiger partial charge in [-0.1, -0.05) is 36.4 Å². The number of amides is 5. The molecule has 23 heteroatoms. The minimum absolute atomic E-state index is 0.00722. The molecule has 63 heavy (non-hydrogen) atoms. The molecule has 2 aromatic carbocycles. The Labute approximate surface area is 362 Å². The number of nitrogens with one attached hydrogen (secondary N) is 3. The van der Waals surface area contributed by atoms with E-state index in [1.165, 1.54) is 29.2 Å². The lowest BCUT2D eigenvalue weighted by Gasteiger charge is -2.32. The van der Waals surface area contributed by atoms with E-state index >= 15 is 0 Å². The molecule has 3 N–H and O–H groups in total. The van der Waals surface area contributed by atoms with Crippen molar-refractivity contribution in [2.75, 3.05) is 19.6 Å². The maximum absolute atomic E-state index is 14.9. The summed E-state index contributed by atoms with van der Waals surface area (Å²) in [6.07, 6.45) is 0.487. The zero-order valence-corrected chi connectivity index (χ0v) is 36.3. The van der Waals surface area contributed by atoms with E-state index in [9.17, 15) is 55.3 Å². The average molecular weight is 918 g/mol. The van der Waals surface area contributed by atoms with Crippen LogP contribution in [-0.4, -0.2) is 120 Å². The lowest BCUT2D eigenvalue weighted by atomic mass is 10.1. The van der Waals surface area contributed by atoms with Crippen LogP contribution in [0.25, 0.3) is 0 Å². The number of para-hydroxylation sites is 1. The van der Waals surface area contributed by atoms with Crippen molar-refractivity contribution >= 4 is 55.6 Å². The zero-order chi connectivity index (χ0) is 45.6. The zero-order valence-electron chi connectivity index (χ0n) is 34.7. The van der Waals surface area contributed by atoms with E-state index in [0.29, 0.717) is 24.0 Å². The topological polar surface area (TPSA) is 261 Å². The van der Waals surface area contributed by atoms with E-state index in [0.717, 1.165) is 21.3 Å². The molecule has 3 aliphatic heterocycles. The highest BCUT2D eigenvalue weighted by atomic mass is 32.2. The fraction of sp³-hybridized carbons (Fsp3) is 0.525. The molecule has 2 aliphatic carbocycles. The maximum Gasteiger partial charge on any atom is 0.410 e. The van der Waals surface area contributed by atoms with Crippen molar-refractivity contribution in [3.8, 4) is 0 Å². The minimum Gasteiger partial charge on any atom is -0.444 e. The summed E-state index contributed by atoms with van der Waals surface area (Å²) < 4.78 is 83.3. The molecule has 1 saturated heterocycles. The summed E-state index contributed by atoms with van der Waals surface area (Å²) >= 11 is 0. The number of ether oxygens (including phenoxy) is 2. The van der Waals surface area contributed by atoms with Gasteiger partial charge >= 0.3 is 12.2 Å². The van der Waals surface area contributed by atoms with Gasteiger partial charge in [-0.2, -0.15) is 4.31 Å². The summed E-state index contributed by atoms with van der Waals surface area (Å²) in [5.74, 6) is -4.23. The molecule has 5 aliphatic rings. The van der Waals surface area contributed by atoms with Crippen molar-refractivity contribution in [3.05, 3.63) is 81.7 Å². The van der Waals surface area contributed by atoms with Crippen LogP contribution >= 0.6 is 0 Å². The van der Waals surface area contributed by atoms with Crippen molar-refractivity contribution in [1.82, 2.24) is 29.5 Å². The Kier molecular flexibility index (Phi) is 12.3. The van der Waals surface area contributed by atoms with Gasteiger partial charge in [-0.25, -0.2) is 30.8 Å². The van der Waals surface area contributed by atoms with Crippen molar-refractivity contribution in [3.63, 3.8) is 0 Å². The maximum atomic E-state index is 14.9. The summed E-state index contributed by atoms with van der Waals surface area (Å²) in [6.45, 7) is 2.89. The molecular formula is C40H48FN7O13S2. The van der Waals surface area contributed by atoms with E-state index in [4.69, 9.17) is 9.47 Å². The number of rotatable bonds is 8. The van der Waals surface area contributed by atoms with Crippen LogP contribution in [0.3, 0.4) is 0 Å². The van der Waals surface area contributed by atoms with Crippen LogP contribution in [0, 0.1) is 21.8 Å². The Balaban J connectivity index is 1.25. The van der Waals surface area contributed by atoms with Crippen LogP contribution in [0.1, 0.15) is 70.4 Å². The SMILES string of the molecule is CC(C)(C)OC(=O)N[C@H]1CN(S(=O)(=O)c2ccccc2[N+](=O)[O-])CCC/C=C\[C@H]2C[C@@]2(C(=O)NS(=O)(=O)C2CC2)NC(=O)C2CC(OC(=O)N3Cc4cccc(F)c4C3)CN2C1=O. The van der Waals surface area contributed by atoms with E-state index in [1.54, 1.807) is 39.0 Å². The number of hydrogen-bond donors (Lipinski definition) is 3. The van der Waals surface area contributed by atoms with E-state index in [-0.39, 0.29) is 45.3 Å². The average Bonchev–Trinajstić information content (AvgIpc) is 4.09. The first-order valence-corrected chi connectivity index (χ1v) is 23.4. The highest BCUT2D eigenvalue weighted by molar-refractivity contribution is 7.91. The summed E-state index contributed by atoms with van der Waals surface area (Å²) in [7, 11) is -8.88. The Hall–Kier alpha value is -5.68. The molecule has 340 valence electrons. The first-order valence-electron chi connectivity index (χ1n) is 20.4. The number of sulfonamides is 2. The minimum atomic E-state index is -4.80. The molecule has 3 heterocycles. The van der Waals surface area contributed by atoms with Crippen LogP contribution in [0.5, 0.6) is 0 Å². The highest BCUT2D eigenvalue weighted by Crippen LogP contribution is 2.46. The lowest BCUT2D eigenvalue weighted by Crippen LogP contribution is -2.60. The third-order valence-corrected chi connectivity index (χ3v) is 15.2.